The van der Waals surface area contributed by atoms with Crippen LogP contribution in [0.5, 0.6) is 0 Å². The Kier molecular flexibility index (Phi) is 4.34. The Balaban J connectivity index is 2.45. The molecule has 0 aliphatic rings. The fraction of sp³-hybridized carbons (Fsp3) is 0.0667. The lowest BCUT2D eigenvalue weighted by Crippen LogP contribution is -2.25. The first-order valence-corrected chi connectivity index (χ1v) is 6.17. The molecule has 0 aliphatic heterocycles. The van der Waals surface area contributed by atoms with E-state index in [1.807, 2.05) is 12.1 Å². The average molecular weight is 269 g/mol. The Bertz CT molecular complexity index is 599. The van der Waals surface area contributed by atoms with Gasteiger partial charge >= 0.3 is 0 Å². The lowest BCUT2D eigenvalue weighted by Gasteiger charge is -2.17. The Labute approximate surface area is 117 Å². The average Bonchev–Trinajstić information content (AvgIpc) is 2.47. The predicted molar refractivity (Wildman–Crippen MR) is 80.7 cm³/mol. The number of rotatable bonds is 6. The Hall–Kier alpha value is -2.82. The SMILES string of the molecule is C=CCNc1ccccc1N(c1ccccc1)[N+](=O)[O-]. The van der Waals surface area contributed by atoms with Crippen LogP contribution in [0.3, 0.4) is 0 Å². The van der Waals surface area contributed by atoms with E-state index in [-0.39, 0.29) is 0 Å². The smallest absolute Gasteiger partial charge is 0.170 e. The molecule has 2 aromatic rings. The van der Waals surface area contributed by atoms with Gasteiger partial charge < -0.3 is 5.32 Å². The van der Waals surface area contributed by atoms with E-state index in [1.54, 1.807) is 48.5 Å². The zero-order valence-electron chi connectivity index (χ0n) is 10.9. The Morgan fingerprint density at radius 1 is 1.15 bits per heavy atom. The van der Waals surface area contributed by atoms with Crippen molar-refractivity contribution in [1.82, 2.24) is 0 Å². The normalized spacial score (nSPS) is 9.80. The monoisotopic (exact) mass is 269 g/mol. The van der Waals surface area contributed by atoms with Crippen LogP contribution in [0.15, 0.2) is 67.3 Å². The summed E-state index contributed by atoms with van der Waals surface area (Å²) in [5.74, 6) is 0. The molecule has 0 bridgehead atoms. The molecular formula is C15H15N3O2. The molecule has 1 N–H and O–H groups in total. The molecule has 0 saturated heterocycles. The van der Waals surface area contributed by atoms with Gasteiger partial charge in [0, 0.05) is 6.54 Å². The second-order valence-electron chi connectivity index (χ2n) is 4.07. The lowest BCUT2D eigenvalue weighted by molar-refractivity contribution is -0.483. The van der Waals surface area contributed by atoms with Gasteiger partial charge in [0.2, 0.25) is 0 Å². The highest BCUT2D eigenvalue weighted by molar-refractivity contribution is 5.74. The second-order valence-corrected chi connectivity index (χ2v) is 4.07. The molecule has 2 aromatic carbocycles. The van der Waals surface area contributed by atoms with E-state index in [4.69, 9.17) is 0 Å². The topological polar surface area (TPSA) is 58.4 Å². The molecule has 0 fully saturated rings. The maximum absolute atomic E-state index is 11.4. The zero-order chi connectivity index (χ0) is 14.4. The van der Waals surface area contributed by atoms with Crippen LogP contribution in [0.2, 0.25) is 0 Å². The van der Waals surface area contributed by atoms with Crippen molar-refractivity contribution in [3.05, 3.63) is 77.4 Å². The minimum absolute atomic E-state index is 0.427. The second kappa shape index (κ2) is 6.38. The number of hydrogen-bond donors (Lipinski definition) is 1. The van der Waals surface area contributed by atoms with E-state index in [2.05, 4.69) is 11.9 Å². The summed E-state index contributed by atoms with van der Waals surface area (Å²) >= 11 is 0. The zero-order valence-corrected chi connectivity index (χ0v) is 10.9. The summed E-state index contributed by atoms with van der Waals surface area (Å²) in [5.41, 5.74) is 1.68. The predicted octanol–water partition coefficient (Wildman–Crippen LogP) is 3.61. The van der Waals surface area contributed by atoms with Gasteiger partial charge in [-0.05, 0) is 24.3 Å². The summed E-state index contributed by atoms with van der Waals surface area (Å²) in [6.45, 7) is 4.17. The van der Waals surface area contributed by atoms with Crippen molar-refractivity contribution in [2.24, 2.45) is 0 Å². The van der Waals surface area contributed by atoms with Crippen LogP contribution in [-0.2, 0) is 0 Å². The number of para-hydroxylation sites is 3. The first-order valence-electron chi connectivity index (χ1n) is 6.17. The quantitative estimate of drug-likeness (QED) is 0.494. The molecule has 0 radical (unpaired) electrons. The maximum Gasteiger partial charge on any atom is 0.170 e. The van der Waals surface area contributed by atoms with Crippen LogP contribution < -0.4 is 10.3 Å². The summed E-state index contributed by atoms with van der Waals surface area (Å²) in [7, 11) is 0. The van der Waals surface area contributed by atoms with Crippen molar-refractivity contribution in [2.75, 3.05) is 16.9 Å². The van der Waals surface area contributed by atoms with Crippen LogP contribution in [0.25, 0.3) is 0 Å². The summed E-state index contributed by atoms with van der Waals surface area (Å²) < 4.78 is 0. The van der Waals surface area contributed by atoms with Crippen molar-refractivity contribution in [2.45, 2.75) is 0 Å². The van der Waals surface area contributed by atoms with Crippen molar-refractivity contribution in [3.63, 3.8) is 0 Å². The van der Waals surface area contributed by atoms with E-state index in [0.717, 1.165) is 5.01 Å². The van der Waals surface area contributed by atoms with E-state index < -0.39 is 5.03 Å². The van der Waals surface area contributed by atoms with Crippen LogP contribution in [0.4, 0.5) is 17.1 Å². The van der Waals surface area contributed by atoms with Crippen LogP contribution in [-0.4, -0.2) is 11.6 Å². The fourth-order valence-corrected chi connectivity index (χ4v) is 1.88. The standard InChI is InChI=1S/C15H15N3O2/c1-2-12-16-14-10-6-7-11-15(14)17(18(19)20)13-8-4-3-5-9-13/h2-11,16H,1,12H2. The first-order chi connectivity index (χ1) is 9.74. The molecule has 0 heterocycles. The van der Waals surface area contributed by atoms with E-state index >= 15 is 0 Å². The number of hydrazine groups is 1. The number of nitro groups is 1. The van der Waals surface area contributed by atoms with Gasteiger partial charge in [-0.1, -0.05) is 41.4 Å². The molecule has 5 heteroatoms. The largest absolute Gasteiger partial charge is 0.380 e. The molecule has 102 valence electrons. The molecule has 0 atom stereocenters. The number of anilines is 3. The Morgan fingerprint density at radius 3 is 2.45 bits per heavy atom. The number of benzene rings is 2. The molecular weight excluding hydrogens is 254 g/mol. The van der Waals surface area contributed by atoms with Crippen molar-refractivity contribution >= 4 is 17.1 Å². The van der Waals surface area contributed by atoms with E-state index in [0.29, 0.717) is 23.6 Å². The highest BCUT2D eigenvalue weighted by Crippen LogP contribution is 2.31. The van der Waals surface area contributed by atoms with E-state index in [9.17, 15) is 10.1 Å². The molecule has 0 unspecified atom stereocenters. The molecule has 0 spiro atoms. The third-order valence-corrected chi connectivity index (χ3v) is 2.73. The molecule has 0 amide bonds. The van der Waals surface area contributed by atoms with Crippen molar-refractivity contribution in [1.29, 1.82) is 0 Å². The van der Waals surface area contributed by atoms with Gasteiger partial charge in [0.05, 0.1) is 5.69 Å². The van der Waals surface area contributed by atoms with Crippen LogP contribution in [0.1, 0.15) is 0 Å². The Morgan fingerprint density at radius 2 is 1.80 bits per heavy atom. The summed E-state index contributed by atoms with van der Waals surface area (Å²) in [4.78, 5) is 11.4. The van der Waals surface area contributed by atoms with Gasteiger partial charge in [0.1, 0.15) is 11.4 Å². The maximum atomic E-state index is 11.4. The molecule has 0 aromatic heterocycles. The minimum Gasteiger partial charge on any atom is -0.380 e. The highest BCUT2D eigenvalue weighted by atomic mass is 16.7. The van der Waals surface area contributed by atoms with Gasteiger partial charge in [0.25, 0.3) is 0 Å². The third-order valence-electron chi connectivity index (χ3n) is 2.73. The van der Waals surface area contributed by atoms with Crippen molar-refractivity contribution in [3.8, 4) is 0 Å². The van der Waals surface area contributed by atoms with E-state index in [1.165, 1.54) is 0 Å². The van der Waals surface area contributed by atoms with Gasteiger partial charge in [-0.25, -0.2) is 10.1 Å². The summed E-state index contributed by atoms with van der Waals surface area (Å²) in [6.07, 6.45) is 1.70. The molecule has 0 aliphatic carbocycles. The van der Waals surface area contributed by atoms with Crippen LogP contribution >= 0.6 is 0 Å². The lowest BCUT2D eigenvalue weighted by atomic mass is 10.2. The fourth-order valence-electron chi connectivity index (χ4n) is 1.88. The van der Waals surface area contributed by atoms with Gasteiger partial charge in [-0.3, -0.25) is 0 Å². The summed E-state index contributed by atoms with van der Waals surface area (Å²) in [6, 6.07) is 15.9. The number of nitrogens with one attached hydrogen (secondary N) is 1. The van der Waals surface area contributed by atoms with Crippen molar-refractivity contribution < 1.29 is 5.03 Å². The summed E-state index contributed by atoms with van der Waals surface area (Å²) in [5, 5.41) is 15.1. The molecule has 5 nitrogen and oxygen atoms in total. The number of hydrogen-bond acceptors (Lipinski definition) is 3. The third kappa shape index (κ3) is 2.95. The van der Waals surface area contributed by atoms with Gasteiger partial charge in [-0.15, -0.1) is 6.58 Å². The van der Waals surface area contributed by atoms with Crippen LogP contribution in [0, 0.1) is 10.1 Å². The molecule has 0 saturated carbocycles. The highest BCUT2D eigenvalue weighted by Gasteiger charge is 2.22. The minimum atomic E-state index is -0.427. The molecule has 20 heavy (non-hydrogen) atoms. The number of nitrogens with zero attached hydrogens (tertiary/aromatic N) is 2. The first kappa shape index (κ1) is 13.6. The molecule has 2 rings (SSSR count). The van der Waals surface area contributed by atoms with Gasteiger partial charge in [0.15, 0.2) is 5.03 Å². The van der Waals surface area contributed by atoms with Gasteiger partial charge in [-0.2, -0.15) is 0 Å².